The third kappa shape index (κ3) is 9.65. The molecule has 1 aliphatic carbocycles. The van der Waals surface area contributed by atoms with Crippen molar-refractivity contribution < 1.29 is 48.4 Å². The minimum absolute atomic E-state index is 0.00176. The number of aromatic nitrogens is 1. The van der Waals surface area contributed by atoms with E-state index in [-0.39, 0.29) is 69.5 Å². The monoisotopic (exact) mass is 893 g/mol. The van der Waals surface area contributed by atoms with Crippen LogP contribution in [0.15, 0.2) is 29.8 Å². The zero-order chi connectivity index (χ0) is 45.4. The maximum absolute atomic E-state index is 14.0. The predicted molar refractivity (Wildman–Crippen MR) is 230 cm³/mol. The first kappa shape index (κ1) is 46.5. The molecule has 17 nitrogen and oxygen atoms in total. The van der Waals surface area contributed by atoms with Gasteiger partial charge in [0.2, 0.25) is 41.2 Å². The van der Waals surface area contributed by atoms with Gasteiger partial charge in [-0.25, -0.2) is 19.8 Å². The van der Waals surface area contributed by atoms with Crippen molar-refractivity contribution in [1.82, 2.24) is 36.3 Å². The Hall–Kier alpha value is -4.49. The van der Waals surface area contributed by atoms with Gasteiger partial charge in [0.15, 0.2) is 11.8 Å². The van der Waals surface area contributed by atoms with E-state index >= 15 is 0 Å². The Morgan fingerprint density at radius 3 is 2.40 bits per heavy atom. The average molecular weight is 894 g/mol. The summed E-state index contributed by atoms with van der Waals surface area (Å²) in [5.41, 5.74) is 5.74. The standard InChI is InChI=1S/C45H63N7O10S/c1-25-10-15-32-26(2)40(58)52(42-45(32)31(25)18-19-44(7,60-42)61-62-45)50-36(56)17-16-34(54)46-20-8-9-35(55)49-38(43(4,5)6)41(59)51-23-30(53)21-33(51)39(57)47-22-28-11-13-29(14-12-28)37-27(3)48-24-63-37/h11-14,24-26,30-33,38,42,53H,8-10,15-23H2,1-7H3,(H,46,54)(H,47,57)(H,49,55)(H,50,56). The quantitative estimate of drug-likeness (QED) is 0.136. The molecular weight excluding hydrogens is 831 g/mol. The molecule has 1 aromatic heterocycles. The summed E-state index contributed by atoms with van der Waals surface area (Å²) in [5, 5.41) is 20.3. The number of fused-ring (bicyclic) bond motifs is 2. The predicted octanol–water partition coefficient (Wildman–Crippen LogP) is 3.63. The number of aliphatic hydroxyl groups excluding tert-OH is 1. The van der Waals surface area contributed by atoms with Gasteiger partial charge in [0, 0.05) is 63.6 Å². The number of hydrogen-bond acceptors (Lipinski definition) is 12. The number of thiazole rings is 1. The third-order valence-corrected chi connectivity index (χ3v) is 14.7. The molecule has 18 heteroatoms. The maximum Gasteiger partial charge on any atom is 0.246 e. The highest BCUT2D eigenvalue weighted by atomic mass is 32.1. The molecule has 1 aromatic carbocycles. The van der Waals surface area contributed by atoms with Crippen LogP contribution >= 0.6 is 11.3 Å². The Morgan fingerprint density at radius 2 is 1.70 bits per heavy atom. The van der Waals surface area contributed by atoms with E-state index in [1.54, 1.807) is 23.8 Å². The fourth-order valence-corrected chi connectivity index (χ4v) is 11.0. The molecular formula is C45H63N7O10S. The molecule has 10 unspecified atom stereocenters. The fourth-order valence-electron chi connectivity index (χ4n) is 10.2. The number of aryl methyl sites for hydroxylation is 1. The second-order valence-corrected chi connectivity index (χ2v) is 20.2. The van der Waals surface area contributed by atoms with Crippen LogP contribution in [0.1, 0.15) is 111 Å². The molecule has 2 aromatic rings. The summed E-state index contributed by atoms with van der Waals surface area (Å²) in [4.78, 5) is 99.3. The highest BCUT2D eigenvalue weighted by Crippen LogP contribution is 2.60. The van der Waals surface area contributed by atoms with Crippen molar-refractivity contribution in [2.45, 2.75) is 149 Å². The van der Waals surface area contributed by atoms with Crippen LogP contribution in [0.4, 0.5) is 0 Å². The Labute approximate surface area is 372 Å². The Bertz CT molecular complexity index is 2060. The van der Waals surface area contributed by atoms with E-state index in [0.717, 1.165) is 41.0 Å². The maximum atomic E-state index is 14.0. The van der Waals surface area contributed by atoms with Crippen LogP contribution in [0.3, 0.4) is 0 Å². The molecule has 10 atom stereocenters. The van der Waals surface area contributed by atoms with Crippen LogP contribution in [0.25, 0.3) is 10.4 Å². The number of hydrazine groups is 1. The third-order valence-electron chi connectivity index (χ3n) is 13.7. The SMILES string of the molecule is Cc1ncsc1-c1ccc(CNC(=O)C2CC(O)CN2C(=O)C(NC(=O)CCCNC(=O)CCC(=O)NN2C(=O)C(C)C3CCC(C)C4CCC5(C)OOC43C2O5)C(C)(C)C)cc1. The van der Waals surface area contributed by atoms with Crippen LogP contribution in [0.5, 0.6) is 0 Å². The molecule has 5 saturated heterocycles. The summed E-state index contributed by atoms with van der Waals surface area (Å²) >= 11 is 1.56. The Balaban J connectivity index is 0.860. The minimum atomic E-state index is -1.07. The summed E-state index contributed by atoms with van der Waals surface area (Å²) in [6.07, 6.45) is 1.35. The van der Waals surface area contributed by atoms with Crippen molar-refractivity contribution in [2.24, 2.45) is 29.1 Å². The van der Waals surface area contributed by atoms with Crippen LogP contribution in [0.2, 0.25) is 0 Å². The lowest BCUT2D eigenvalue weighted by Gasteiger charge is -2.61. The average Bonchev–Trinajstić information content (AvgIpc) is 3.78. The molecule has 0 radical (unpaired) electrons. The molecule has 6 heterocycles. The topological polar surface area (TPSA) is 218 Å². The van der Waals surface area contributed by atoms with Gasteiger partial charge >= 0.3 is 0 Å². The molecule has 5 aliphatic heterocycles. The number of hydrogen-bond donors (Lipinski definition) is 5. The number of rotatable bonds is 14. The molecule has 6 fully saturated rings. The highest BCUT2D eigenvalue weighted by Gasteiger charge is 2.71. The first-order chi connectivity index (χ1) is 29.8. The van der Waals surface area contributed by atoms with Crippen molar-refractivity contribution in [3.05, 3.63) is 41.0 Å². The molecule has 344 valence electrons. The Kier molecular flexibility index (Phi) is 13.7. The lowest BCUT2D eigenvalue weighted by Crippen LogP contribution is -2.77. The van der Waals surface area contributed by atoms with Crippen LogP contribution in [-0.4, -0.2) is 104 Å². The van der Waals surface area contributed by atoms with Gasteiger partial charge in [0.1, 0.15) is 12.1 Å². The highest BCUT2D eigenvalue weighted by molar-refractivity contribution is 7.13. The first-order valence-corrected chi connectivity index (χ1v) is 23.2. The summed E-state index contributed by atoms with van der Waals surface area (Å²) in [6, 6.07) is 5.91. The van der Waals surface area contributed by atoms with E-state index in [2.05, 4.69) is 33.3 Å². The van der Waals surface area contributed by atoms with Crippen molar-refractivity contribution in [1.29, 1.82) is 0 Å². The van der Waals surface area contributed by atoms with Crippen molar-refractivity contribution >= 4 is 46.8 Å². The summed E-state index contributed by atoms with van der Waals surface area (Å²) in [5.74, 6) is -3.74. The number of likely N-dealkylation sites (tertiary alicyclic amines) is 1. The molecule has 1 spiro atoms. The van der Waals surface area contributed by atoms with Crippen molar-refractivity contribution in [2.75, 3.05) is 13.1 Å². The number of nitrogens with zero attached hydrogens (tertiary/aromatic N) is 3. The summed E-state index contributed by atoms with van der Waals surface area (Å²) in [7, 11) is 0. The normalized spacial score (nSPS) is 30.5. The molecule has 6 aliphatic rings. The molecule has 5 N–H and O–H groups in total. The number of nitrogens with one attached hydrogen (secondary N) is 4. The van der Waals surface area contributed by atoms with Crippen molar-refractivity contribution in [3.8, 4) is 10.4 Å². The summed E-state index contributed by atoms with van der Waals surface area (Å²) < 4.78 is 6.44. The number of carbonyl (C=O) groups is 6. The molecule has 6 amide bonds. The zero-order valence-corrected chi connectivity index (χ0v) is 38.2. The van der Waals surface area contributed by atoms with E-state index in [4.69, 9.17) is 14.5 Å². The number of benzene rings is 1. The van der Waals surface area contributed by atoms with E-state index in [1.807, 2.05) is 58.9 Å². The number of β-amino-alcohol motifs (C(OH)–C–C–N with tert-alkyl or cyclic N) is 1. The fraction of sp³-hybridized carbons (Fsp3) is 0.667. The second kappa shape index (κ2) is 18.5. The van der Waals surface area contributed by atoms with Crippen molar-refractivity contribution in [3.63, 3.8) is 0 Å². The lowest BCUT2D eigenvalue weighted by atomic mass is 9.57. The number of ether oxygens (including phenoxy) is 1. The molecule has 1 saturated carbocycles. The summed E-state index contributed by atoms with van der Waals surface area (Å²) in [6.45, 7) is 13.5. The van der Waals surface area contributed by atoms with E-state index in [9.17, 15) is 33.9 Å². The zero-order valence-electron chi connectivity index (χ0n) is 37.4. The van der Waals surface area contributed by atoms with Gasteiger partial charge in [-0.15, -0.1) is 11.3 Å². The van der Waals surface area contributed by atoms with Crippen LogP contribution in [0, 0.1) is 36.0 Å². The number of amides is 6. The van der Waals surface area contributed by atoms with Crippen LogP contribution in [-0.2, 0) is 49.8 Å². The Morgan fingerprint density at radius 1 is 0.968 bits per heavy atom. The second-order valence-electron chi connectivity index (χ2n) is 19.4. The van der Waals surface area contributed by atoms with Gasteiger partial charge in [0.05, 0.1) is 22.2 Å². The largest absolute Gasteiger partial charge is 0.391 e. The van der Waals surface area contributed by atoms with E-state index < -0.39 is 76.7 Å². The molecule has 63 heavy (non-hydrogen) atoms. The van der Waals surface area contributed by atoms with E-state index in [0.29, 0.717) is 12.3 Å². The number of carbonyl (C=O) groups excluding carboxylic acids is 6. The minimum Gasteiger partial charge on any atom is -0.391 e. The van der Waals surface area contributed by atoms with E-state index in [1.165, 1.54) is 9.91 Å². The lowest BCUT2D eigenvalue weighted by molar-refractivity contribution is -0.549. The van der Waals surface area contributed by atoms with Gasteiger partial charge in [-0.05, 0) is 67.9 Å². The number of piperidine rings is 1. The molecule has 8 rings (SSSR count). The van der Waals surface area contributed by atoms with Gasteiger partial charge < -0.3 is 30.7 Å². The van der Waals surface area contributed by atoms with Gasteiger partial charge in [-0.2, -0.15) is 0 Å². The van der Waals surface area contributed by atoms with Gasteiger partial charge in [0.25, 0.3) is 0 Å². The van der Waals surface area contributed by atoms with Gasteiger partial charge in [-0.1, -0.05) is 58.9 Å². The molecule has 2 bridgehead atoms. The smallest absolute Gasteiger partial charge is 0.246 e. The van der Waals surface area contributed by atoms with Crippen LogP contribution < -0.4 is 21.4 Å². The van der Waals surface area contributed by atoms with Gasteiger partial charge in [-0.3, -0.25) is 34.2 Å². The first-order valence-electron chi connectivity index (χ1n) is 22.3. The number of aliphatic hydroxyl groups is 1.